The summed E-state index contributed by atoms with van der Waals surface area (Å²) >= 11 is 0. The average Bonchev–Trinajstić information content (AvgIpc) is 3.26. The van der Waals surface area contributed by atoms with Gasteiger partial charge in [0.15, 0.2) is 16.6 Å². The van der Waals surface area contributed by atoms with Crippen LogP contribution in [0.5, 0.6) is 0 Å². The van der Waals surface area contributed by atoms with Crippen LogP contribution in [-0.2, 0) is 19.6 Å². The number of Topliss-reactive ketones (excluding diaryl/α,β-unsaturated/α-hetero) is 1. The van der Waals surface area contributed by atoms with E-state index in [1.54, 1.807) is 30.3 Å². The lowest BCUT2D eigenvalue weighted by Gasteiger charge is -2.25. The minimum atomic E-state index is -3.94. The Balaban J connectivity index is 1.45. The molecule has 1 aliphatic heterocycles. The monoisotopic (exact) mass is 526 g/mol. The van der Waals surface area contributed by atoms with Crippen LogP contribution in [0.25, 0.3) is 11.0 Å². The van der Waals surface area contributed by atoms with Crippen LogP contribution >= 0.6 is 0 Å². The Morgan fingerprint density at radius 3 is 2.65 bits per heavy atom. The number of fused-ring (bicyclic) bond motifs is 1. The van der Waals surface area contributed by atoms with Gasteiger partial charge < -0.3 is 15.1 Å². The van der Waals surface area contributed by atoms with Crippen LogP contribution in [0.1, 0.15) is 43.7 Å². The van der Waals surface area contributed by atoms with Crippen LogP contribution in [0.2, 0.25) is 0 Å². The quantitative estimate of drug-likeness (QED) is 0.460. The van der Waals surface area contributed by atoms with Crippen molar-refractivity contribution in [3.05, 3.63) is 60.5 Å². The van der Waals surface area contributed by atoms with Crippen molar-refractivity contribution in [2.75, 3.05) is 13.1 Å². The molecule has 1 aliphatic rings. The number of benzene rings is 1. The highest BCUT2D eigenvalue weighted by atomic mass is 32.2. The smallest absolute Gasteiger partial charge is 0.287 e. The Morgan fingerprint density at radius 1 is 1.19 bits per heavy atom. The molecule has 1 fully saturated rings. The zero-order chi connectivity index (χ0) is 26.6. The van der Waals surface area contributed by atoms with Crippen molar-refractivity contribution in [2.24, 2.45) is 5.92 Å². The van der Waals surface area contributed by atoms with Crippen LogP contribution < -0.4 is 10.6 Å². The molecule has 10 nitrogen and oxygen atoms in total. The van der Waals surface area contributed by atoms with E-state index >= 15 is 0 Å². The van der Waals surface area contributed by atoms with Crippen LogP contribution in [0.15, 0.2) is 64.2 Å². The number of carbonyl (C=O) groups excluding carboxylic acids is 3. The molecule has 11 heteroatoms. The average molecular weight is 527 g/mol. The molecule has 2 aromatic heterocycles. The fourth-order valence-corrected chi connectivity index (χ4v) is 5.63. The van der Waals surface area contributed by atoms with Crippen molar-refractivity contribution < 1.29 is 27.2 Å². The SMILES string of the molecule is CC[C@@H](C)[C@H](NC(=O)c1cc2ccccc2o1)C(=O)NC1CCCN(S(=O)(=O)c2ccccn2)CC1=O. The number of hydrogen-bond acceptors (Lipinski definition) is 7. The topological polar surface area (TPSA) is 139 Å². The summed E-state index contributed by atoms with van der Waals surface area (Å²) in [6.07, 6.45) is 2.64. The molecule has 3 atom stereocenters. The first kappa shape index (κ1) is 26.5. The van der Waals surface area contributed by atoms with Crippen molar-refractivity contribution >= 4 is 38.6 Å². The standard InChI is InChI=1S/C26H30N4O6S/c1-3-17(2)24(29-25(32)22-15-18-9-4-5-11-21(18)36-22)26(33)28-19-10-8-14-30(16-20(19)31)37(34,35)23-12-6-7-13-27-23/h4-7,9,11-13,15,17,19,24H,3,8,10,14,16H2,1-2H3,(H,28,33)(H,29,32)/t17-,19?,24+/m1/s1. The minimum absolute atomic E-state index is 0.0863. The first-order chi connectivity index (χ1) is 17.7. The van der Waals surface area contributed by atoms with Gasteiger partial charge in [-0.3, -0.25) is 14.4 Å². The van der Waals surface area contributed by atoms with Gasteiger partial charge in [0.05, 0.1) is 12.6 Å². The third kappa shape index (κ3) is 5.89. The van der Waals surface area contributed by atoms with Gasteiger partial charge in [-0.25, -0.2) is 13.4 Å². The largest absolute Gasteiger partial charge is 0.451 e. The van der Waals surface area contributed by atoms with Gasteiger partial charge in [-0.1, -0.05) is 44.5 Å². The zero-order valence-corrected chi connectivity index (χ0v) is 21.5. The highest BCUT2D eigenvalue weighted by molar-refractivity contribution is 7.89. The highest BCUT2D eigenvalue weighted by Crippen LogP contribution is 2.20. The van der Waals surface area contributed by atoms with Gasteiger partial charge >= 0.3 is 0 Å². The molecular formula is C26H30N4O6S. The van der Waals surface area contributed by atoms with E-state index in [1.807, 2.05) is 26.0 Å². The Bertz CT molecular complexity index is 1360. The van der Waals surface area contributed by atoms with E-state index in [0.29, 0.717) is 18.4 Å². The molecule has 1 saturated heterocycles. The normalized spacial score (nSPS) is 18.6. The number of ketones is 1. The summed E-state index contributed by atoms with van der Waals surface area (Å²) in [6, 6.07) is 11.6. The lowest BCUT2D eigenvalue weighted by molar-refractivity contribution is -0.129. The van der Waals surface area contributed by atoms with Crippen molar-refractivity contribution in [3.8, 4) is 0 Å². The lowest BCUT2D eigenvalue weighted by atomic mass is 9.97. The van der Waals surface area contributed by atoms with Crippen LogP contribution in [0.4, 0.5) is 0 Å². The highest BCUT2D eigenvalue weighted by Gasteiger charge is 2.35. The molecule has 196 valence electrons. The third-order valence-corrected chi connectivity index (χ3v) is 8.37. The van der Waals surface area contributed by atoms with Gasteiger partial charge in [-0.05, 0) is 43.0 Å². The van der Waals surface area contributed by atoms with E-state index in [-0.39, 0.29) is 36.2 Å². The van der Waals surface area contributed by atoms with E-state index in [4.69, 9.17) is 4.42 Å². The molecule has 37 heavy (non-hydrogen) atoms. The second-order valence-electron chi connectivity index (χ2n) is 9.16. The maximum Gasteiger partial charge on any atom is 0.287 e. The van der Waals surface area contributed by atoms with Crippen LogP contribution in [0, 0.1) is 5.92 Å². The third-order valence-electron chi connectivity index (χ3n) is 6.61. The van der Waals surface area contributed by atoms with Gasteiger partial charge in [-0.15, -0.1) is 0 Å². The van der Waals surface area contributed by atoms with Gasteiger partial charge in [0.1, 0.15) is 11.6 Å². The lowest BCUT2D eigenvalue weighted by Crippen LogP contribution is -2.54. The van der Waals surface area contributed by atoms with Gasteiger partial charge in [-0.2, -0.15) is 4.31 Å². The zero-order valence-electron chi connectivity index (χ0n) is 20.7. The second kappa shape index (κ2) is 11.2. The molecule has 3 aromatic rings. The number of furan rings is 1. The molecule has 0 bridgehead atoms. The number of rotatable bonds is 8. The van der Waals surface area contributed by atoms with Gasteiger partial charge in [0.2, 0.25) is 5.91 Å². The molecule has 0 radical (unpaired) electrons. The van der Waals surface area contributed by atoms with Gasteiger partial charge in [0, 0.05) is 18.1 Å². The summed E-state index contributed by atoms with van der Waals surface area (Å²) in [5, 5.41) is 6.14. The van der Waals surface area contributed by atoms with E-state index < -0.39 is 39.7 Å². The Kier molecular flexibility index (Phi) is 8.03. The number of amides is 2. The Hall–Kier alpha value is -3.57. The number of hydrogen-bond donors (Lipinski definition) is 2. The maximum absolute atomic E-state index is 13.3. The van der Waals surface area contributed by atoms with E-state index in [1.165, 1.54) is 12.3 Å². The molecule has 1 unspecified atom stereocenters. The number of para-hydroxylation sites is 1. The molecule has 0 aliphatic carbocycles. The Morgan fingerprint density at radius 2 is 1.95 bits per heavy atom. The molecule has 2 N–H and O–H groups in total. The molecule has 0 spiro atoms. The number of pyridine rings is 1. The summed E-state index contributed by atoms with van der Waals surface area (Å²) < 4.78 is 32.6. The van der Waals surface area contributed by atoms with Crippen molar-refractivity contribution in [1.82, 2.24) is 19.9 Å². The first-order valence-electron chi connectivity index (χ1n) is 12.2. The summed E-state index contributed by atoms with van der Waals surface area (Å²) in [7, 11) is -3.94. The summed E-state index contributed by atoms with van der Waals surface area (Å²) in [6.45, 7) is 3.49. The molecular weight excluding hydrogens is 496 g/mol. The second-order valence-corrected chi connectivity index (χ2v) is 11.0. The predicted octanol–water partition coefficient (Wildman–Crippen LogP) is 2.51. The summed E-state index contributed by atoms with van der Waals surface area (Å²) in [5.74, 6) is -1.59. The van der Waals surface area contributed by atoms with Crippen molar-refractivity contribution in [2.45, 2.75) is 50.2 Å². The summed E-state index contributed by atoms with van der Waals surface area (Å²) in [5.41, 5.74) is 0.562. The van der Waals surface area contributed by atoms with Crippen molar-refractivity contribution in [1.29, 1.82) is 0 Å². The molecule has 4 rings (SSSR count). The fraction of sp³-hybridized carbons (Fsp3) is 0.385. The van der Waals surface area contributed by atoms with Crippen LogP contribution in [0.3, 0.4) is 0 Å². The number of nitrogens with zero attached hydrogens (tertiary/aromatic N) is 2. The first-order valence-corrected chi connectivity index (χ1v) is 13.7. The fourth-order valence-electron chi connectivity index (χ4n) is 4.26. The van der Waals surface area contributed by atoms with Crippen molar-refractivity contribution in [3.63, 3.8) is 0 Å². The molecule has 1 aromatic carbocycles. The number of sulfonamides is 1. The molecule has 2 amide bonds. The van der Waals surface area contributed by atoms with E-state index in [9.17, 15) is 22.8 Å². The van der Waals surface area contributed by atoms with E-state index in [2.05, 4.69) is 15.6 Å². The predicted molar refractivity (Wildman–Crippen MR) is 136 cm³/mol. The number of nitrogens with one attached hydrogen (secondary N) is 2. The summed E-state index contributed by atoms with van der Waals surface area (Å²) in [4.78, 5) is 43.1. The maximum atomic E-state index is 13.3. The number of carbonyl (C=O) groups is 3. The van der Waals surface area contributed by atoms with Gasteiger partial charge in [0.25, 0.3) is 15.9 Å². The minimum Gasteiger partial charge on any atom is -0.451 e. The number of aromatic nitrogens is 1. The Labute approximate surface area is 215 Å². The molecule has 0 saturated carbocycles. The van der Waals surface area contributed by atoms with E-state index in [0.717, 1.165) is 9.69 Å². The van der Waals surface area contributed by atoms with Crippen LogP contribution in [-0.4, -0.2) is 60.5 Å². The molecule has 3 heterocycles.